The van der Waals surface area contributed by atoms with Crippen molar-refractivity contribution in [1.82, 2.24) is 24.5 Å². The molecular formula is C20H35IN6O2S. The molecule has 2 N–H and O–H groups in total. The summed E-state index contributed by atoms with van der Waals surface area (Å²) in [4.78, 5) is 9.24. The zero-order valence-electron chi connectivity index (χ0n) is 18.4. The van der Waals surface area contributed by atoms with Crippen LogP contribution in [-0.4, -0.2) is 67.2 Å². The minimum atomic E-state index is -3.13. The van der Waals surface area contributed by atoms with Crippen LogP contribution in [0.5, 0.6) is 0 Å². The third-order valence-electron chi connectivity index (χ3n) is 4.70. The van der Waals surface area contributed by atoms with Crippen molar-refractivity contribution < 1.29 is 8.42 Å². The number of aryl methyl sites for hydroxylation is 2. The number of hydrogen-bond acceptors (Lipinski definition) is 4. The van der Waals surface area contributed by atoms with Crippen LogP contribution in [0, 0.1) is 6.92 Å². The summed E-state index contributed by atoms with van der Waals surface area (Å²) >= 11 is 0. The summed E-state index contributed by atoms with van der Waals surface area (Å²) in [6.07, 6.45) is 2.89. The van der Waals surface area contributed by atoms with Gasteiger partial charge in [0.05, 0.1) is 17.3 Å². The Morgan fingerprint density at radius 1 is 1.20 bits per heavy atom. The molecule has 0 radical (unpaired) electrons. The van der Waals surface area contributed by atoms with E-state index in [1.807, 2.05) is 39.0 Å². The number of aromatic nitrogens is 2. The zero-order chi connectivity index (χ0) is 21.3. The molecular weight excluding hydrogens is 515 g/mol. The van der Waals surface area contributed by atoms with Gasteiger partial charge in [0.25, 0.3) is 0 Å². The van der Waals surface area contributed by atoms with Gasteiger partial charge in [0, 0.05) is 39.3 Å². The number of nitrogens with one attached hydrogen (secondary N) is 2. The predicted octanol–water partition coefficient (Wildman–Crippen LogP) is 2.58. The van der Waals surface area contributed by atoms with Gasteiger partial charge in [-0.1, -0.05) is 19.1 Å². The Hall–Kier alpha value is -1.40. The topological polar surface area (TPSA) is 91.6 Å². The van der Waals surface area contributed by atoms with Gasteiger partial charge in [-0.15, -0.1) is 24.0 Å². The molecule has 10 heteroatoms. The second-order valence-electron chi connectivity index (χ2n) is 6.95. The van der Waals surface area contributed by atoms with Gasteiger partial charge < -0.3 is 15.2 Å². The van der Waals surface area contributed by atoms with E-state index in [4.69, 9.17) is 0 Å². The Morgan fingerprint density at radius 2 is 1.93 bits per heavy atom. The van der Waals surface area contributed by atoms with E-state index in [1.54, 1.807) is 0 Å². The van der Waals surface area contributed by atoms with Crippen molar-refractivity contribution in [1.29, 1.82) is 0 Å². The summed E-state index contributed by atoms with van der Waals surface area (Å²) in [5, 5.41) is 6.52. The average Bonchev–Trinajstić information content (AvgIpc) is 2.99. The highest BCUT2D eigenvalue weighted by molar-refractivity contribution is 14.0. The number of fused-ring (bicyclic) bond motifs is 1. The number of halogens is 1. The van der Waals surface area contributed by atoms with E-state index in [2.05, 4.69) is 31.2 Å². The van der Waals surface area contributed by atoms with Crippen molar-refractivity contribution in [2.24, 2.45) is 4.99 Å². The van der Waals surface area contributed by atoms with Crippen LogP contribution in [-0.2, 0) is 16.6 Å². The summed E-state index contributed by atoms with van der Waals surface area (Å²) in [5.74, 6) is 1.79. The molecule has 0 atom stereocenters. The SMILES string of the molecule is CCNC(=NCCCn1c(C)nc2ccccc21)NCCCN(CC)S(C)(=O)=O.I. The van der Waals surface area contributed by atoms with E-state index in [0.29, 0.717) is 26.2 Å². The number of benzene rings is 1. The van der Waals surface area contributed by atoms with Gasteiger partial charge in [-0.25, -0.2) is 17.7 Å². The summed E-state index contributed by atoms with van der Waals surface area (Å²) in [6, 6.07) is 8.18. The summed E-state index contributed by atoms with van der Waals surface area (Å²) in [6.45, 7) is 9.94. The third kappa shape index (κ3) is 8.03. The molecule has 1 aromatic carbocycles. The van der Waals surface area contributed by atoms with Gasteiger partial charge in [-0.3, -0.25) is 4.99 Å². The highest BCUT2D eigenvalue weighted by Gasteiger charge is 2.13. The molecule has 0 spiro atoms. The van der Waals surface area contributed by atoms with Crippen LogP contribution in [0.2, 0.25) is 0 Å². The first-order chi connectivity index (χ1) is 13.9. The molecule has 0 aliphatic rings. The Labute approximate surface area is 197 Å². The molecule has 0 bridgehead atoms. The quantitative estimate of drug-likeness (QED) is 0.194. The molecule has 2 aromatic rings. The summed E-state index contributed by atoms with van der Waals surface area (Å²) in [5.41, 5.74) is 2.18. The fraction of sp³-hybridized carbons (Fsp3) is 0.600. The first-order valence-electron chi connectivity index (χ1n) is 10.3. The van der Waals surface area contributed by atoms with Gasteiger partial charge in [-0.05, 0) is 38.8 Å². The van der Waals surface area contributed by atoms with Gasteiger partial charge in [0.1, 0.15) is 5.82 Å². The predicted molar refractivity (Wildman–Crippen MR) is 135 cm³/mol. The smallest absolute Gasteiger partial charge is 0.211 e. The lowest BCUT2D eigenvalue weighted by Gasteiger charge is -2.18. The number of sulfonamides is 1. The normalized spacial score (nSPS) is 12.2. The molecule has 1 aromatic heterocycles. The molecule has 1 heterocycles. The van der Waals surface area contributed by atoms with E-state index < -0.39 is 10.0 Å². The third-order valence-corrected chi connectivity index (χ3v) is 6.08. The van der Waals surface area contributed by atoms with Crippen LogP contribution in [0.15, 0.2) is 29.3 Å². The number of para-hydroxylation sites is 2. The molecule has 0 aliphatic heterocycles. The van der Waals surface area contributed by atoms with Crippen LogP contribution in [0.3, 0.4) is 0 Å². The fourth-order valence-corrected chi connectivity index (χ4v) is 4.19. The highest BCUT2D eigenvalue weighted by Crippen LogP contribution is 2.15. The van der Waals surface area contributed by atoms with Crippen molar-refractivity contribution in [2.75, 3.05) is 39.0 Å². The minimum absolute atomic E-state index is 0. The van der Waals surface area contributed by atoms with Crippen LogP contribution >= 0.6 is 24.0 Å². The molecule has 2 rings (SSSR count). The van der Waals surface area contributed by atoms with Crippen LogP contribution in [0.4, 0.5) is 0 Å². The molecule has 170 valence electrons. The van der Waals surface area contributed by atoms with Crippen LogP contribution < -0.4 is 10.6 Å². The minimum Gasteiger partial charge on any atom is -0.357 e. The van der Waals surface area contributed by atoms with E-state index >= 15 is 0 Å². The van der Waals surface area contributed by atoms with Crippen molar-refractivity contribution in [3.63, 3.8) is 0 Å². The first-order valence-corrected chi connectivity index (χ1v) is 12.1. The largest absolute Gasteiger partial charge is 0.357 e. The van der Waals surface area contributed by atoms with Crippen molar-refractivity contribution in [2.45, 2.75) is 40.2 Å². The maximum Gasteiger partial charge on any atom is 0.211 e. The Morgan fingerprint density at radius 3 is 2.60 bits per heavy atom. The molecule has 0 unspecified atom stereocenters. The highest BCUT2D eigenvalue weighted by atomic mass is 127. The number of rotatable bonds is 11. The molecule has 0 aliphatic carbocycles. The molecule has 0 amide bonds. The van der Waals surface area contributed by atoms with Gasteiger partial charge >= 0.3 is 0 Å². The Bertz CT molecular complexity index is 913. The number of imidazole rings is 1. The lowest BCUT2D eigenvalue weighted by Crippen LogP contribution is -2.39. The number of guanidine groups is 1. The maximum atomic E-state index is 11.6. The van der Waals surface area contributed by atoms with E-state index in [0.717, 1.165) is 48.7 Å². The molecule has 8 nitrogen and oxygen atoms in total. The van der Waals surface area contributed by atoms with Gasteiger partial charge in [-0.2, -0.15) is 0 Å². The number of nitrogens with zero attached hydrogens (tertiary/aromatic N) is 4. The van der Waals surface area contributed by atoms with Gasteiger partial charge in [0.2, 0.25) is 10.0 Å². The number of aliphatic imine (C=N–C) groups is 1. The van der Waals surface area contributed by atoms with E-state index in [-0.39, 0.29) is 24.0 Å². The summed E-state index contributed by atoms with van der Waals surface area (Å²) in [7, 11) is -3.13. The van der Waals surface area contributed by atoms with Crippen molar-refractivity contribution >= 4 is 51.0 Å². The lowest BCUT2D eigenvalue weighted by atomic mass is 10.3. The monoisotopic (exact) mass is 550 g/mol. The van der Waals surface area contributed by atoms with E-state index in [1.165, 1.54) is 10.6 Å². The summed E-state index contributed by atoms with van der Waals surface area (Å²) < 4.78 is 27.0. The Balaban J connectivity index is 0.00000450. The van der Waals surface area contributed by atoms with E-state index in [9.17, 15) is 8.42 Å². The second-order valence-corrected chi connectivity index (χ2v) is 8.93. The first kappa shape index (κ1) is 26.6. The molecule has 30 heavy (non-hydrogen) atoms. The maximum absolute atomic E-state index is 11.6. The average molecular weight is 551 g/mol. The standard InChI is InChI=1S/C20H34N6O2S.HI/c1-5-21-20(22-13-9-15-25(6-2)29(4,27)28)23-14-10-16-26-17(3)24-18-11-7-8-12-19(18)26;/h7-8,11-12H,5-6,9-10,13-16H2,1-4H3,(H2,21,22,23);1H. The molecule has 0 saturated carbocycles. The fourth-order valence-electron chi connectivity index (χ4n) is 3.26. The molecule has 0 saturated heterocycles. The van der Waals surface area contributed by atoms with Crippen molar-refractivity contribution in [3.05, 3.63) is 30.1 Å². The Kier molecular flexibility index (Phi) is 11.6. The van der Waals surface area contributed by atoms with Gasteiger partial charge in [0.15, 0.2) is 5.96 Å². The number of hydrogen-bond donors (Lipinski definition) is 2. The van der Waals surface area contributed by atoms with Crippen LogP contribution in [0.25, 0.3) is 11.0 Å². The zero-order valence-corrected chi connectivity index (χ0v) is 21.5. The van der Waals surface area contributed by atoms with Crippen LogP contribution in [0.1, 0.15) is 32.5 Å². The van der Waals surface area contributed by atoms with Crippen molar-refractivity contribution in [3.8, 4) is 0 Å². The lowest BCUT2D eigenvalue weighted by molar-refractivity contribution is 0.424. The molecule has 0 fully saturated rings. The second kappa shape index (κ2) is 13.1.